The van der Waals surface area contributed by atoms with Crippen molar-refractivity contribution in [1.82, 2.24) is 14.7 Å². The molecule has 1 aromatic heterocycles. The Kier molecular flexibility index (Phi) is 8.67. The number of carboxylic acid groups (broad SMARTS) is 1. The Bertz CT molecular complexity index is 1100. The van der Waals surface area contributed by atoms with Gasteiger partial charge in [0.1, 0.15) is 12.4 Å². The summed E-state index contributed by atoms with van der Waals surface area (Å²) >= 11 is 1.25. The summed E-state index contributed by atoms with van der Waals surface area (Å²) in [5, 5.41) is 13.0. The predicted molar refractivity (Wildman–Crippen MR) is 130 cm³/mol. The molecule has 2 heterocycles. The van der Waals surface area contributed by atoms with Crippen LogP contribution in [0.5, 0.6) is 0 Å². The van der Waals surface area contributed by atoms with Crippen molar-refractivity contribution in [3.8, 4) is 0 Å². The van der Waals surface area contributed by atoms with Gasteiger partial charge in [-0.25, -0.2) is 4.39 Å². The topological polar surface area (TPSA) is 92.5 Å². The van der Waals surface area contributed by atoms with Crippen LogP contribution in [-0.4, -0.2) is 55.0 Å². The molecule has 182 valence electrons. The second-order valence-corrected chi connectivity index (χ2v) is 9.92. The highest BCUT2D eigenvalue weighted by atomic mass is 35.5. The molecule has 2 unspecified atom stereocenters. The van der Waals surface area contributed by atoms with Crippen molar-refractivity contribution in [3.63, 3.8) is 0 Å². The van der Waals surface area contributed by atoms with Gasteiger partial charge < -0.3 is 5.11 Å². The molecular formula is C24H27ClFN3O4S. The minimum Gasteiger partial charge on any atom is -0.480 e. The van der Waals surface area contributed by atoms with Crippen LogP contribution < -0.4 is 0 Å². The summed E-state index contributed by atoms with van der Waals surface area (Å²) < 4.78 is 16.1. The molecule has 0 amide bonds. The summed E-state index contributed by atoms with van der Waals surface area (Å²) in [4.78, 5) is 38.1. The van der Waals surface area contributed by atoms with Gasteiger partial charge in [0.2, 0.25) is 0 Å². The third kappa shape index (κ3) is 6.34. The van der Waals surface area contributed by atoms with Crippen molar-refractivity contribution < 1.29 is 23.9 Å². The summed E-state index contributed by atoms with van der Waals surface area (Å²) in [6.07, 6.45) is 7.44. The maximum Gasteiger partial charge on any atom is 0.325 e. The van der Waals surface area contributed by atoms with Crippen LogP contribution in [0.1, 0.15) is 43.4 Å². The molecule has 0 radical (unpaired) electrons. The molecule has 2 fully saturated rings. The minimum atomic E-state index is -0.988. The van der Waals surface area contributed by atoms with Crippen LogP contribution >= 0.6 is 24.2 Å². The fourth-order valence-electron chi connectivity index (χ4n) is 4.29. The Labute approximate surface area is 207 Å². The van der Waals surface area contributed by atoms with Gasteiger partial charge in [-0.2, -0.15) is 5.10 Å². The number of likely N-dealkylation sites (tertiary alicyclic amines) is 1. The lowest BCUT2D eigenvalue weighted by Gasteiger charge is -2.38. The SMILES string of the molecule is CC(=O)SC1CCN(C(C(=O)C2CC2)c2ccccc2F)C/C1=C/c1cnn(CC(=O)O)c1.Cl. The molecule has 0 spiro atoms. The van der Waals surface area contributed by atoms with Crippen molar-refractivity contribution in [2.45, 2.75) is 44.0 Å². The summed E-state index contributed by atoms with van der Waals surface area (Å²) in [5.74, 6) is -1.36. The number of aliphatic carboxylic acids is 1. The highest BCUT2D eigenvalue weighted by Crippen LogP contribution is 2.40. The van der Waals surface area contributed by atoms with Gasteiger partial charge in [0.15, 0.2) is 10.9 Å². The number of thioether (sulfide) groups is 1. The van der Waals surface area contributed by atoms with Gasteiger partial charge in [0.25, 0.3) is 0 Å². The van der Waals surface area contributed by atoms with Crippen molar-refractivity contribution in [3.05, 3.63) is 59.2 Å². The standard InChI is InChI=1S/C24H26FN3O4S.ClH/c1-15(29)33-21-8-9-27(13-18(21)10-16-11-26-28(12-16)14-22(30)31)23(24(32)17-6-7-17)19-4-2-3-5-20(19)25;/h2-5,10-12,17,21,23H,6-9,13-14H2,1H3,(H,30,31);1H/b18-10-;. The number of Topliss-reactive ketones (excluding diaryl/α,β-unsaturated/α-hetero) is 1. The quantitative estimate of drug-likeness (QED) is 0.577. The van der Waals surface area contributed by atoms with Gasteiger partial charge in [0.05, 0.1) is 12.2 Å². The van der Waals surface area contributed by atoms with Crippen LogP contribution in [0.25, 0.3) is 6.08 Å². The molecule has 1 aliphatic heterocycles. The van der Waals surface area contributed by atoms with Gasteiger partial charge in [-0.15, -0.1) is 12.4 Å². The van der Waals surface area contributed by atoms with E-state index in [1.54, 1.807) is 30.6 Å². The number of benzene rings is 1. The smallest absolute Gasteiger partial charge is 0.325 e. The summed E-state index contributed by atoms with van der Waals surface area (Å²) in [6.45, 7) is 2.26. The average molecular weight is 508 g/mol. The number of hydrogen-bond donors (Lipinski definition) is 1. The van der Waals surface area contributed by atoms with E-state index in [4.69, 9.17) is 5.11 Å². The number of halogens is 2. The zero-order valence-corrected chi connectivity index (χ0v) is 20.4. The molecule has 2 atom stereocenters. The Morgan fingerprint density at radius 2 is 2.00 bits per heavy atom. The monoisotopic (exact) mass is 507 g/mol. The molecule has 4 rings (SSSR count). The normalized spacial score (nSPS) is 20.5. The van der Waals surface area contributed by atoms with Crippen LogP contribution in [-0.2, 0) is 20.9 Å². The third-order valence-electron chi connectivity index (χ3n) is 5.90. The molecule has 34 heavy (non-hydrogen) atoms. The minimum absolute atomic E-state index is 0. The lowest BCUT2D eigenvalue weighted by atomic mass is 9.93. The van der Waals surface area contributed by atoms with E-state index in [0.29, 0.717) is 25.1 Å². The summed E-state index contributed by atoms with van der Waals surface area (Å²) in [6, 6.07) is 5.76. The average Bonchev–Trinajstić information content (AvgIpc) is 3.52. The number of hydrogen-bond acceptors (Lipinski definition) is 6. The highest BCUT2D eigenvalue weighted by molar-refractivity contribution is 8.14. The van der Waals surface area contributed by atoms with E-state index in [1.165, 1.54) is 29.4 Å². The molecule has 2 aliphatic rings. The Morgan fingerprint density at radius 3 is 2.65 bits per heavy atom. The molecule has 1 saturated carbocycles. The molecule has 1 saturated heterocycles. The predicted octanol–water partition coefficient (Wildman–Crippen LogP) is 3.99. The molecule has 1 N–H and O–H groups in total. The van der Waals surface area contributed by atoms with E-state index in [2.05, 4.69) is 5.10 Å². The number of carbonyl (C=O) groups is 3. The van der Waals surface area contributed by atoms with Crippen LogP contribution in [0.3, 0.4) is 0 Å². The number of aromatic nitrogens is 2. The van der Waals surface area contributed by atoms with Gasteiger partial charge in [-0.05, 0) is 30.9 Å². The summed E-state index contributed by atoms with van der Waals surface area (Å²) in [7, 11) is 0. The van der Waals surface area contributed by atoms with Gasteiger partial charge >= 0.3 is 5.97 Å². The largest absolute Gasteiger partial charge is 0.480 e. The van der Waals surface area contributed by atoms with E-state index in [0.717, 1.165) is 24.0 Å². The summed E-state index contributed by atoms with van der Waals surface area (Å²) in [5.41, 5.74) is 2.04. The maximum absolute atomic E-state index is 14.7. The number of ketones is 1. The van der Waals surface area contributed by atoms with Gasteiger partial charge in [0, 0.05) is 48.5 Å². The Balaban J connectivity index is 0.00000324. The van der Waals surface area contributed by atoms with Crippen LogP contribution in [0.4, 0.5) is 4.39 Å². The van der Waals surface area contributed by atoms with E-state index in [-0.39, 0.29) is 41.0 Å². The van der Waals surface area contributed by atoms with E-state index >= 15 is 0 Å². The van der Waals surface area contributed by atoms with E-state index < -0.39 is 17.8 Å². The number of nitrogens with zero attached hydrogens (tertiary/aromatic N) is 3. The first-order valence-electron chi connectivity index (χ1n) is 11.0. The fraction of sp³-hybridized carbons (Fsp3) is 0.417. The van der Waals surface area contributed by atoms with Crippen molar-refractivity contribution in [2.75, 3.05) is 13.1 Å². The number of carboxylic acids is 1. The van der Waals surface area contributed by atoms with Crippen molar-refractivity contribution in [2.24, 2.45) is 5.92 Å². The number of rotatable bonds is 8. The fourth-order valence-corrected chi connectivity index (χ4v) is 5.21. The van der Waals surface area contributed by atoms with Gasteiger partial charge in [-0.3, -0.25) is 24.0 Å². The van der Waals surface area contributed by atoms with Crippen molar-refractivity contribution in [1.29, 1.82) is 0 Å². The van der Waals surface area contributed by atoms with E-state index in [1.807, 2.05) is 11.0 Å². The molecule has 0 bridgehead atoms. The first-order valence-corrected chi connectivity index (χ1v) is 11.8. The number of carbonyl (C=O) groups excluding carboxylic acids is 2. The van der Waals surface area contributed by atoms with Gasteiger partial charge in [-0.1, -0.05) is 36.0 Å². The second kappa shape index (κ2) is 11.3. The molecule has 1 aliphatic carbocycles. The van der Waals surface area contributed by atoms with Crippen molar-refractivity contribution >= 4 is 47.1 Å². The Hall–Kier alpha value is -2.49. The van der Waals surface area contributed by atoms with Crippen LogP contribution in [0, 0.1) is 11.7 Å². The molecule has 7 nitrogen and oxygen atoms in total. The second-order valence-electron chi connectivity index (χ2n) is 8.54. The van der Waals surface area contributed by atoms with Crippen LogP contribution in [0.15, 0.2) is 42.2 Å². The molecule has 1 aromatic carbocycles. The first kappa shape index (κ1) is 26.1. The Morgan fingerprint density at radius 1 is 1.26 bits per heavy atom. The third-order valence-corrected chi connectivity index (χ3v) is 7.06. The number of piperidine rings is 1. The van der Waals surface area contributed by atoms with Crippen LogP contribution in [0.2, 0.25) is 0 Å². The maximum atomic E-state index is 14.7. The molecule has 10 heteroatoms. The molecule has 2 aromatic rings. The first-order chi connectivity index (χ1) is 15.8. The highest BCUT2D eigenvalue weighted by Gasteiger charge is 2.41. The van der Waals surface area contributed by atoms with E-state index in [9.17, 15) is 18.8 Å². The molecular weight excluding hydrogens is 481 g/mol. The lowest BCUT2D eigenvalue weighted by molar-refractivity contribution is -0.138. The lowest BCUT2D eigenvalue weighted by Crippen LogP contribution is -2.43. The zero-order chi connectivity index (χ0) is 23.5. The zero-order valence-electron chi connectivity index (χ0n) is 18.7.